The third kappa shape index (κ3) is 6.21. The average Bonchev–Trinajstić information content (AvgIpc) is 2.78. The molecular weight excluding hydrogens is 424 g/mol. The summed E-state index contributed by atoms with van der Waals surface area (Å²) < 4.78 is 27.5. The van der Waals surface area contributed by atoms with Crippen molar-refractivity contribution in [3.8, 4) is 11.3 Å². The van der Waals surface area contributed by atoms with E-state index in [1.807, 2.05) is 36.4 Å². The number of carbonyl (C=O) groups is 1. The molecule has 2 N–H and O–H groups in total. The Morgan fingerprint density at radius 3 is 2.31 bits per heavy atom. The number of amides is 1. The van der Waals surface area contributed by atoms with E-state index in [4.69, 9.17) is 0 Å². The van der Waals surface area contributed by atoms with Crippen LogP contribution in [0.4, 0.5) is 0 Å². The van der Waals surface area contributed by atoms with Crippen molar-refractivity contribution in [2.24, 2.45) is 0 Å². The van der Waals surface area contributed by atoms with Crippen LogP contribution in [-0.4, -0.2) is 30.8 Å². The van der Waals surface area contributed by atoms with E-state index in [0.717, 1.165) is 22.4 Å². The summed E-state index contributed by atoms with van der Waals surface area (Å²) in [5.41, 5.74) is 3.55. The van der Waals surface area contributed by atoms with Crippen molar-refractivity contribution in [1.82, 2.24) is 20.0 Å². The number of rotatable bonds is 8. The zero-order valence-corrected chi connectivity index (χ0v) is 19.3. The molecule has 8 heteroatoms. The Balaban J connectivity index is 1.53. The Bertz CT molecular complexity index is 1160. The molecule has 0 spiro atoms. The lowest BCUT2D eigenvalue weighted by atomic mass is 9.87. The standard InChI is InChI=1S/C24H28N4O3S/c1-24(2,3)20-6-8-21(9-7-20)32(30,31)28-16-12-22(29)27-17-19-5-4-13-26-23(19)18-10-14-25-15-11-18/h4-11,13-15,28H,12,16-17H2,1-3H3,(H,27,29). The highest BCUT2D eigenvalue weighted by molar-refractivity contribution is 7.89. The molecule has 32 heavy (non-hydrogen) atoms. The SMILES string of the molecule is CC(C)(C)c1ccc(S(=O)(=O)NCCC(=O)NCc2cccnc2-c2ccncc2)cc1. The first-order valence-corrected chi connectivity index (χ1v) is 11.9. The molecular formula is C24H28N4O3S. The average molecular weight is 453 g/mol. The van der Waals surface area contributed by atoms with Gasteiger partial charge in [-0.3, -0.25) is 14.8 Å². The van der Waals surface area contributed by atoms with Gasteiger partial charge in [0, 0.05) is 43.7 Å². The van der Waals surface area contributed by atoms with Gasteiger partial charge in [0.2, 0.25) is 15.9 Å². The fraction of sp³-hybridized carbons (Fsp3) is 0.292. The zero-order chi connectivity index (χ0) is 23.2. The summed E-state index contributed by atoms with van der Waals surface area (Å²) in [5, 5.41) is 2.83. The molecule has 0 aliphatic heterocycles. The van der Waals surface area contributed by atoms with E-state index < -0.39 is 10.0 Å². The van der Waals surface area contributed by atoms with Gasteiger partial charge in [0.15, 0.2) is 0 Å². The van der Waals surface area contributed by atoms with Gasteiger partial charge in [-0.15, -0.1) is 0 Å². The second-order valence-corrected chi connectivity index (χ2v) is 10.2. The number of pyridine rings is 2. The van der Waals surface area contributed by atoms with Crippen molar-refractivity contribution in [1.29, 1.82) is 0 Å². The highest BCUT2D eigenvalue weighted by Crippen LogP contribution is 2.23. The molecule has 0 aliphatic carbocycles. The Labute approximate surface area is 189 Å². The maximum atomic E-state index is 12.5. The second kappa shape index (κ2) is 10.0. The molecule has 0 unspecified atom stereocenters. The quantitative estimate of drug-likeness (QED) is 0.545. The number of nitrogens with zero attached hydrogens (tertiary/aromatic N) is 2. The van der Waals surface area contributed by atoms with E-state index in [-0.39, 0.29) is 29.2 Å². The first-order chi connectivity index (χ1) is 15.2. The molecule has 0 atom stereocenters. The molecule has 7 nitrogen and oxygen atoms in total. The Hall–Kier alpha value is -3.10. The maximum Gasteiger partial charge on any atom is 0.240 e. The van der Waals surface area contributed by atoms with Crippen LogP contribution in [0.2, 0.25) is 0 Å². The summed E-state index contributed by atoms with van der Waals surface area (Å²) >= 11 is 0. The van der Waals surface area contributed by atoms with Gasteiger partial charge in [0.25, 0.3) is 0 Å². The molecule has 0 bridgehead atoms. The van der Waals surface area contributed by atoms with Gasteiger partial charge in [0.05, 0.1) is 10.6 Å². The van der Waals surface area contributed by atoms with Crippen molar-refractivity contribution in [3.05, 3.63) is 78.2 Å². The summed E-state index contributed by atoms with van der Waals surface area (Å²) in [4.78, 5) is 20.9. The number of hydrogen-bond donors (Lipinski definition) is 2. The van der Waals surface area contributed by atoms with Crippen molar-refractivity contribution in [2.75, 3.05) is 6.54 Å². The smallest absolute Gasteiger partial charge is 0.240 e. The van der Waals surface area contributed by atoms with E-state index in [9.17, 15) is 13.2 Å². The maximum absolute atomic E-state index is 12.5. The largest absolute Gasteiger partial charge is 0.352 e. The summed E-state index contributed by atoms with van der Waals surface area (Å²) in [5.74, 6) is -0.250. The van der Waals surface area contributed by atoms with Gasteiger partial charge in [-0.25, -0.2) is 13.1 Å². The monoisotopic (exact) mass is 452 g/mol. The molecule has 0 fully saturated rings. The van der Waals surface area contributed by atoms with Crippen molar-refractivity contribution in [3.63, 3.8) is 0 Å². The highest BCUT2D eigenvalue weighted by Gasteiger charge is 2.17. The molecule has 168 valence electrons. The number of nitrogens with one attached hydrogen (secondary N) is 2. The van der Waals surface area contributed by atoms with Crippen LogP contribution in [0, 0.1) is 0 Å². The minimum atomic E-state index is -3.67. The molecule has 1 aromatic carbocycles. The normalized spacial score (nSPS) is 11.8. The zero-order valence-electron chi connectivity index (χ0n) is 18.5. The molecule has 3 rings (SSSR count). The van der Waals surface area contributed by atoms with Crippen molar-refractivity contribution >= 4 is 15.9 Å². The fourth-order valence-corrected chi connectivity index (χ4v) is 4.18. The van der Waals surface area contributed by atoms with E-state index in [0.29, 0.717) is 6.54 Å². The molecule has 1 amide bonds. The Kier molecular flexibility index (Phi) is 7.37. The van der Waals surface area contributed by atoms with Gasteiger partial charge in [-0.05, 0) is 46.9 Å². The van der Waals surface area contributed by atoms with Crippen LogP contribution in [0.15, 0.2) is 72.0 Å². The highest BCUT2D eigenvalue weighted by atomic mass is 32.2. The van der Waals surface area contributed by atoms with Crippen molar-refractivity contribution in [2.45, 2.75) is 44.0 Å². The molecule has 0 radical (unpaired) electrons. The number of hydrogen-bond acceptors (Lipinski definition) is 5. The van der Waals surface area contributed by atoms with Crippen LogP contribution in [0.3, 0.4) is 0 Å². The van der Waals surface area contributed by atoms with Gasteiger partial charge in [-0.1, -0.05) is 39.0 Å². The molecule has 2 aromatic heterocycles. The lowest BCUT2D eigenvalue weighted by molar-refractivity contribution is -0.121. The van der Waals surface area contributed by atoms with Crippen LogP contribution in [0.1, 0.15) is 38.3 Å². The third-order valence-electron chi connectivity index (χ3n) is 5.00. The van der Waals surface area contributed by atoms with E-state index in [2.05, 4.69) is 40.8 Å². The first-order valence-electron chi connectivity index (χ1n) is 10.4. The number of aromatic nitrogens is 2. The molecule has 3 aromatic rings. The van der Waals surface area contributed by atoms with Gasteiger partial charge >= 0.3 is 0 Å². The minimum absolute atomic E-state index is 0.0133. The molecule has 0 saturated carbocycles. The first kappa shape index (κ1) is 23.6. The van der Waals surface area contributed by atoms with Crippen LogP contribution in [-0.2, 0) is 26.8 Å². The second-order valence-electron chi connectivity index (χ2n) is 8.45. The lowest BCUT2D eigenvalue weighted by Gasteiger charge is -2.19. The summed E-state index contributed by atoms with van der Waals surface area (Å²) in [6, 6.07) is 14.2. The lowest BCUT2D eigenvalue weighted by Crippen LogP contribution is -2.30. The minimum Gasteiger partial charge on any atom is -0.352 e. The Morgan fingerprint density at radius 1 is 0.969 bits per heavy atom. The Morgan fingerprint density at radius 2 is 1.66 bits per heavy atom. The van der Waals surface area contributed by atoms with Crippen LogP contribution >= 0.6 is 0 Å². The summed E-state index contributed by atoms with van der Waals surface area (Å²) in [6.45, 7) is 6.52. The summed E-state index contributed by atoms with van der Waals surface area (Å²) in [7, 11) is -3.67. The van der Waals surface area contributed by atoms with E-state index in [1.54, 1.807) is 30.7 Å². The van der Waals surface area contributed by atoms with Crippen molar-refractivity contribution < 1.29 is 13.2 Å². The van der Waals surface area contributed by atoms with E-state index in [1.165, 1.54) is 0 Å². The van der Waals surface area contributed by atoms with Gasteiger partial charge in [-0.2, -0.15) is 0 Å². The van der Waals surface area contributed by atoms with Gasteiger partial charge < -0.3 is 5.32 Å². The number of benzene rings is 1. The summed E-state index contributed by atoms with van der Waals surface area (Å²) in [6.07, 6.45) is 5.11. The van der Waals surface area contributed by atoms with Gasteiger partial charge in [0.1, 0.15) is 0 Å². The molecule has 2 heterocycles. The number of carbonyl (C=O) groups excluding carboxylic acids is 1. The number of sulfonamides is 1. The van der Waals surface area contributed by atoms with E-state index >= 15 is 0 Å². The predicted octanol–water partition coefficient (Wildman–Crippen LogP) is 3.43. The fourth-order valence-electron chi connectivity index (χ4n) is 3.15. The molecule has 0 aliphatic rings. The topological polar surface area (TPSA) is 101 Å². The molecule has 0 saturated heterocycles. The van der Waals surface area contributed by atoms with Crippen LogP contribution in [0.25, 0.3) is 11.3 Å². The van der Waals surface area contributed by atoms with Crippen LogP contribution in [0.5, 0.6) is 0 Å². The predicted molar refractivity (Wildman–Crippen MR) is 124 cm³/mol. The third-order valence-corrected chi connectivity index (χ3v) is 6.47. The van der Waals surface area contributed by atoms with Crippen LogP contribution < -0.4 is 10.0 Å².